The number of para-hydroxylation sites is 1. The van der Waals surface area contributed by atoms with Crippen molar-refractivity contribution >= 4 is 28.8 Å². The molecule has 2 unspecified atom stereocenters. The van der Waals surface area contributed by atoms with Crippen LogP contribution in [-0.4, -0.2) is 48.1 Å². The van der Waals surface area contributed by atoms with Gasteiger partial charge in [0, 0.05) is 29.7 Å². The topological polar surface area (TPSA) is 83.1 Å². The third-order valence-electron chi connectivity index (χ3n) is 5.21. The van der Waals surface area contributed by atoms with Crippen molar-refractivity contribution in [2.24, 2.45) is 16.8 Å². The van der Waals surface area contributed by atoms with Gasteiger partial charge in [-0.05, 0) is 50.9 Å². The normalized spacial score (nSPS) is 15.9. The van der Waals surface area contributed by atoms with Gasteiger partial charge in [-0.25, -0.2) is 0 Å². The van der Waals surface area contributed by atoms with Crippen molar-refractivity contribution in [1.82, 2.24) is 10.3 Å². The summed E-state index contributed by atoms with van der Waals surface area (Å²) >= 11 is 4.91. The molecule has 2 aromatic carbocycles. The second-order valence-corrected chi connectivity index (χ2v) is 8.08. The van der Waals surface area contributed by atoms with E-state index in [1.54, 1.807) is 0 Å². The number of hydrogen-bond donors (Lipinski definition) is 3. The van der Waals surface area contributed by atoms with E-state index in [4.69, 9.17) is 22.7 Å². The number of hydrazone groups is 1. The lowest BCUT2D eigenvalue weighted by Gasteiger charge is -2.34. The molecule has 1 heterocycles. The Morgan fingerprint density at radius 2 is 1.87 bits per heavy atom. The fourth-order valence-corrected chi connectivity index (χ4v) is 3.90. The largest absolute Gasteiger partial charge is 0.507 e. The zero-order valence-corrected chi connectivity index (χ0v) is 18.3. The average molecular weight is 425 g/mol. The summed E-state index contributed by atoms with van der Waals surface area (Å²) in [6.07, 6.45) is 0. The Morgan fingerprint density at radius 3 is 2.53 bits per heavy atom. The summed E-state index contributed by atoms with van der Waals surface area (Å²) in [6, 6.07) is 17.7. The minimum atomic E-state index is -0.140. The van der Waals surface area contributed by atoms with E-state index in [0.29, 0.717) is 24.5 Å². The fraction of sp³-hybridized carbons (Fsp3) is 0.304. The summed E-state index contributed by atoms with van der Waals surface area (Å²) in [5, 5.41) is 15.8. The van der Waals surface area contributed by atoms with Crippen molar-refractivity contribution in [2.75, 3.05) is 27.2 Å². The summed E-state index contributed by atoms with van der Waals surface area (Å²) in [4.78, 5) is 2.11. The van der Waals surface area contributed by atoms with Crippen LogP contribution in [0.4, 0.5) is 0 Å². The van der Waals surface area contributed by atoms with E-state index in [-0.39, 0.29) is 22.7 Å². The molecule has 0 bridgehead atoms. The molecule has 0 amide bonds. The van der Waals surface area contributed by atoms with Gasteiger partial charge in [-0.3, -0.25) is 5.43 Å². The standard InChI is InChI=1S/C23H28N4O2S/c1-15(25-26-23(24)30)18(13-27(2)3)21(16-9-5-4-6-10-16)19-14-29-20-12-8-7-11-17(20)22(19)28/h4-12,18,21,28H,13-14H2,1-3H3,(H3,24,26,30)/b25-15+. The van der Waals surface area contributed by atoms with E-state index < -0.39 is 0 Å². The van der Waals surface area contributed by atoms with Crippen molar-refractivity contribution in [3.8, 4) is 5.75 Å². The number of fused-ring (bicyclic) bond motifs is 1. The van der Waals surface area contributed by atoms with Gasteiger partial charge in [0.15, 0.2) is 5.11 Å². The molecule has 7 heteroatoms. The molecule has 1 aliphatic heterocycles. The van der Waals surface area contributed by atoms with Crippen LogP contribution in [0.3, 0.4) is 0 Å². The quantitative estimate of drug-likeness (QED) is 0.358. The smallest absolute Gasteiger partial charge is 0.184 e. The first-order valence-electron chi connectivity index (χ1n) is 9.82. The molecule has 30 heavy (non-hydrogen) atoms. The Balaban J connectivity index is 2.14. The van der Waals surface area contributed by atoms with Crippen LogP contribution in [0.2, 0.25) is 0 Å². The molecule has 6 nitrogen and oxygen atoms in total. The van der Waals surface area contributed by atoms with E-state index in [1.165, 1.54) is 0 Å². The number of thiocarbonyl (C=S) groups is 1. The van der Waals surface area contributed by atoms with Crippen LogP contribution in [0.25, 0.3) is 5.76 Å². The molecule has 158 valence electrons. The SMILES string of the molecule is C/C(=N\NC(N)=S)C(CN(C)C)C(C1=C(O)c2ccccc2OC1)c1ccccc1. The minimum Gasteiger partial charge on any atom is -0.507 e. The molecule has 0 saturated carbocycles. The molecule has 0 saturated heterocycles. The highest BCUT2D eigenvalue weighted by molar-refractivity contribution is 7.80. The fourth-order valence-electron chi connectivity index (χ4n) is 3.86. The molecular weight excluding hydrogens is 396 g/mol. The van der Waals surface area contributed by atoms with Crippen LogP contribution in [0.15, 0.2) is 65.3 Å². The molecule has 3 rings (SSSR count). The van der Waals surface area contributed by atoms with Crippen LogP contribution in [0.1, 0.15) is 24.0 Å². The van der Waals surface area contributed by atoms with E-state index in [0.717, 1.165) is 16.8 Å². The molecule has 0 fully saturated rings. The highest BCUT2D eigenvalue weighted by Gasteiger charge is 2.34. The number of hydrogen-bond acceptors (Lipinski definition) is 5. The van der Waals surface area contributed by atoms with Crippen molar-refractivity contribution in [3.05, 3.63) is 71.3 Å². The van der Waals surface area contributed by atoms with Crippen LogP contribution in [-0.2, 0) is 0 Å². The Kier molecular flexibility index (Phi) is 7.07. The number of aliphatic hydroxyl groups is 1. The van der Waals surface area contributed by atoms with Gasteiger partial charge in [0.2, 0.25) is 0 Å². The van der Waals surface area contributed by atoms with E-state index in [2.05, 4.69) is 27.6 Å². The maximum Gasteiger partial charge on any atom is 0.184 e. The number of nitrogens with zero attached hydrogens (tertiary/aromatic N) is 2. The Labute approximate surface area is 183 Å². The number of nitrogens with one attached hydrogen (secondary N) is 1. The predicted molar refractivity (Wildman–Crippen MR) is 126 cm³/mol. The van der Waals surface area contributed by atoms with Gasteiger partial charge in [-0.2, -0.15) is 5.10 Å². The third kappa shape index (κ3) is 4.98. The number of rotatable bonds is 7. The second-order valence-electron chi connectivity index (χ2n) is 7.65. The summed E-state index contributed by atoms with van der Waals surface area (Å²) in [7, 11) is 4.04. The number of aliphatic hydroxyl groups excluding tert-OH is 1. The van der Waals surface area contributed by atoms with Crippen LogP contribution < -0.4 is 15.9 Å². The van der Waals surface area contributed by atoms with Crippen molar-refractivity contribution < 1.29 is 9.84 Å². The van der Waals surface area contributed by atoms with Crippen molar-refractivity contribution in [2.45, 2.75) is 12.8 Å². The highest BCUT2D eigenvalue weighted by atomic mass is 32.1. The van der Waals surface area contributed by atoms with Crippen LogP contribution >= 0.6 is 12.2 Å². The third-order valence-corrected chi connectivity index (χ3v) is 5.30. The van der Waals surface area contributed by atoms with Gasteiger partial charge in [0.05, 0.1) is 5.56 Å². The molecule has 1 aliphatic rings. The zero-order valence-electron chi connectivity index (χ0n) is 17.5. The minimum absolute atomic E-state index is 0.0461. The van der Waals surface area contributed by atoms with E-state index in [9.17, 15) is 5.11 Å². The first-order chi connectivity index (χ1) is 14.4. The summed E-state index contributed by atoms with van der Waals surface area (Å²) < 4.78 is 6.01. The zero-order chi connectivity index (χ0) is 21.7. The number of nitrogens with two attached hydrogens (primary N) is 1. The number of benzene rings is 2. The van der Waals surface area contributed by atoms with Gasteiger partial charge in [0.1, 0.15) is 18.1 Å². The molecule has 4 N–H and O–H groups in total. The monoisotopic (exact) mass is 424 g/mol. The maximum atomic E-state index is 11.2. The second kappa shape index (κ2) is 9.73. The van der Waals surface area contributed by atoms with Gasteiger partial charge in [0.25, 0.3) is 0 Å². The molecule has 0 spiro atoms. The Hall–Kier alpha value is -2.90. The first-order valence-corrected chi connectivity index (χ1v) is 10.2. The van der Waals surface area contributed by atoms with E-state index >= 15 is 0 Å². The maximum absolute atomic E-state index is 11.2. The van der Waals surface area contributed by atoms with Crippen LogP contribution in [0, 0.1) is 5.92 Å². The average Bonchev–Trinajstić information content (AvgIpc) is 2.73. The molecule has 0 radical (unpaired) electrons. The van der Waals surface area contributed by atoms with Gasteiger partial charge in [-0.1, -0.05) is 42.5 Å². The summed E-state index contributed by atoms with van der Waals surface area (Å²) in [5.41, 5.74) is 11.7. The van der Waals surface area contributed by atoms with Crippen molar-refractivity contribution in [3.63, 3.8) is 0 Å². The molecular formula is C23H28N4O2S. The lowest BCUT2D eigenvalue weighted by atomic mass is 9.76. The number of ether oxygens (including phenoxy) is 1. The molecule has 2 atom stereocenters. The Morgan fingerprint density at radius 1 is 1.20 bits per heavy atom. The summed E-state index contributed by atoms with van der Waals surface area (Å²) in [5.74, 6) is 0.772. The Bertz CT molecular complexity index is 957. The predicted octanol–water partition coefficient (Wildman–Crippen LogP) is 3.52. The van der Waals surface area contributed by atoms with Gasteiger partial charge >= 0.3 is 0 Å². The first kappa shape index (κ1) is 21.8. The van der Waals surface area contributed by atoms with E-state index in [1.807, 2.05) is 63.5 Å². The van der Waals surface area contributed by atoms with Gasteiger partial charge in [-0.15, -0.1) is 0 Å². The lowest BCUT2D eigenvalue weighted by molar-refractivity contribution is 0.301. The molecule has 2 aromatic rings. The summed E-state index contributed by atoms with van der Waals surface area (Å²) in [6.45, 7) is 2.97. The molecule has 0 aliphatic carbocycles. The lowest BCUT2D eigenvalue weighted by Crippen LogP contribution is -2.36. The van der Waals surface area contributed by atoms with Gasteiger partial charge < -0.3 is 20.5 Å². The van der Waals surface area contributed by atoms with Crippen LogP contribution in [0.5, 0.6) is 5.75 Å². The highest BCUT2D eigenvalue weighted by Crippen LogP contribution is 2.41. The molecule has 0 aromatic heterocycles. The van der Waals surface area contributed by atoms with Crippen molar-refractivity contribution in [1.29, 1.82) is 0 Å².